The van der Waals surface area contributed by atoms with Crippen molar-refractivity contribution in [2.24, 2.45) is 0 Å². The van der Waals surface area contributed by atoms with Gasteiger partial charge in [0.1, 0.15) is 0 Å². The molecule has 0 spiro atoms. The van der Waals surface area contributed by atoms with Crippen LogP contribution in [0.25, 0.3) is 0 Å². The second-order valence-electron chi connectivity index (χ2n) is 4.74. The summed E-state index contributed by atoms with van der Waals surface area (Å²) in [6.45, 7) is 0. The zero-order valence-corrected chi connectivity index (χ0v) is 14.4. The molecule has 0 radical (unpaired) electrons. The van der Waals surface area contributed by atoms with Gasteiger partial charge in [-0.05, 0) is 35.9 Å². The monoisotopic (exact) mass is 370 g/mol. The second-order valence-corrected chi connectivity index (χ2v) is 5.99. The average molecular weight is 372 g/mol. The molecule has 7 heteroatoms. The summed E-state index contributed by atoms with van der Waals surface area (Å²) in [5, 5.41) is 6.42. The largest absolute Gasteiger partial charge is 0.355 e. The van der Waals surface area contributed by atoms with Gasteiger partial charge < -0.3 is 10.6 Å². The zero-order valence-electron chi connectivity index (χ0n) is 12.1. The van der Waals surface area contributed by atoms with Gasteiger partial charge in [0.15, 0.2) is 0 Å². The SMILES string of the molecule is CNC(=O)c1ccc(Cl)cc1NC(=O)Cc1ccc(Cl)c(Cl)c1. The molecule has 23 heavy (non-hydrogen) atoms. The summed E-state index contributed by atoms with van der Waals surface area (Å²) in [7, 11) is 1.51. The zero-order chi connectivity index (χ0) is 17.0. The van der Waals surface area contributed by atoms with Crippen LogP contribution in [-0.4, -0.2) is 18.9 Å². The number of amides is 2. The number of carbonyl (C=O) groups is 2. The van der Waals surface area contributed by atoms with Gasteiger partial charge in [-0.2, -0.15) is 0 Å². The first-order valence-electron chi connectivity index (χ1n) is 6.66. The first-order valence-corrected chi connectivity index (χ1v) is 7.79. The number of halogens is 3. The molecule has 0 atom stereocenters. The van der Waals surface area contributed by atoms with Gasteiger partial charge in [0, 0.05) is 12.1 Å². The quantitative estimate of drug-likeness (QED) is 0.846. The van der Waals surface area contributed by atoms with Crippen molar-refractivity contribution in [1.29, 1.82) is 0 Å². The van der Waals surface area contributed by atoms with E-state index in [1.807, 2.05) is 0 Å². The fourth-order valence-corrected chi connectivity index (χ4v) is 2.47. The van der Waals surface area contributed by atoms with Crippen molar-refractivity contribution in [2.45, 2.75) is 6.42 Å². The lowest BCUT2D eigenvalue weighted by Gasteiger charge is -2.11. The third-order valence-electron chi connectivity index (χ3n) is 3.08. The number of carbonyl (C=O) groups excluding carboxylic acids is 2. The van der Waals surface area contributed by atoms with E-state index in [-0.39, 0.29) is 18.2 Å². The van der Waals surface area contributed by atoms with E-state index in [1.54, 1.807) is 30.3 Å². The maximum atomic E-state index is 12.2. The van der Waals surface area contributed by atoms with Crippen LogP contribution in [0.5, 0.6) is 0 Å². The Morgan fingerprint density at radius 1 is 1.00 bits per heavy atom. The molecule has 2 N–H and O–H groups in total. The van der Waals surface area contributed by atoms with E-state index in [0.717, 1.165) is 0 Å². The minimum atomic E-state index is -0.313. The molecule has 120 valence electrons. The number of benzene rings is 2. The summed E-state index contributed by atoms with van der Waals surface area (Å²) in [5.74, 6) is -0.609. The maximum absolute atomic E-state index is 12.2. The Morgan fingerprint density at radius 2 is 1.74 bits per heavy atom. The van der Waals surface area contributed by atoms with E-state index in [9.17, 15) is 9.59 Å². The smallest absolute Gasteiger partial charge is 0.253 e. The molecule has 0 unspecified atom stereocenters. The first-order chi connectivity index (χ1) is 10.9. The Kier molecular flexibility index (Phi) is 5.88. The molecule has 0 heterocycles. The van der Waals surface area contributed by atoms with Crippen LogP contribution in [0.4, 0.5) is 5.69 Å². The lowest BCUT2D eigenvalue weighted by molar-refractivity contribution is -0.115. The highest BCUT2D eigenvalue weighted by Crippen LogP contribution is 2.24. The normalized spacial score (nSPS) is 10.3. The summed E-state index contributed by atoms with van der Waals surface area (Å²) in [6.07, 6.45) is 0.0938. The van der Waals surface area contributed by atoms with E-state index in [4.69, 9.17) is 34.8 Å². The van der Waals surface area contributed by atoms with Gasteiger partial charge in [-0.3, -0.25) is 9.59 Å². The van der Waals surface area contributed by atoms with Gasteiger partial charge in [-0.25, -0.2) is 0 Å². The van der Waals surface area contributed by atoms with Crippen LogP contribution in [0.15, 0.2) is 36.4 Å². The summed E-state index contributed by atoms with van der Waals surface area (Å²) in [6, 6.07) is 9.63. The van der Waals surface area contributed by atoms with Gasteiger partial charge in [0.25, 0.3) is 5.91 Å². The Morgan fingerprint density at radius 3 is 2.39 bits per heavy atom. The Bertz CT molecular complexity index is 763. The van der Waals surface area contributed by atoms with E-state index >= 15 is 0 Å². The maximum Gasteiger partial charge on any atom is 0.253 e. The highest BCUT2D eigenvalue weighted by atomic mass is 35.5. The third kappa shape index (κ3) is 4.61. The van der Waals surface area contributed by atoms with Crippen molar-refractivity contribution in [1.82, 2.24) is 5.32 Å². The summed E-state index contributed by atoms with van der Waals surface area (Å²) < 4.78 is 0. The molecule has 2 rings (SSSR count). The molecular weight excluding hydrogens is 359 g/mol. The third-order valence-corrected chi connectivity index (χ3v) is 4.05. The Labute approximate surface area is 148 Å². The molecule has 2 amide bonds. The topological polar surface area (TPSA) is 58.2 Å². The lowest BCUT2D eigenvalue weighted by atomic mass is 10.1. The van der Waals surface area contributed by atoms with E-state index in [0.29, 0.717) is 31.9 Å². The summed E-state index contributed by atoms with van der Waals surface area (Å²) in [5.41, 5.74) is 1.39. The molecule has 0 fully saturated rings. The molecule has 0 saturated heterocycles. The molecular formula is C16H13Cl3N2O2. The number of rotatable bonds is 4. The molecule has 0 aromatic heterocycles. The standard InChI is InChI=1S/C16H13Cl3N2O2/c1-20-16(23)11-4-3-10(17)8-14(11)21-15(22)7-9-2-5-12(18)13(19)6-9/h2-6,8H,7H2,1H3,(H,20,23)(H,21,22). The fraction of sp³-hybridized carbons (Fsp3) is 0.125. The molecule has 0 aliphatic heterocycles. The number of hydrogen-bond acceptors (Lipinski definition) is 2. The highest BCUT2D eigenvalue weighted by Gasteiger charge is 2.13. The van der Waals surface area contributed by atoms with Crippen LogP contribution in [0.1, 0.15) is 15.9 Å². The van der Waals surface area contributed by atoms with Gasteiger partial charge in [0.2, 0.25) is 5.91 Å². The molecule has 2 aromatic carbocycles. The van der Waals surface area contributed by atoms with Crippen molar-refractivity contribution in [3.05, 3.63) is 62.6 Å². The lowest BCUT2D eigenvalue weighted by Crippen LogP contribution is -2.22. The predicted molar refractivity (Wildman–Crippen MR) is 93.6 cm³/mol. The van der Waals surface area contributed by atoms with Crippen molar-refractivity contribution < 1.29 is 9.59 Å². The molecule has 2 aromatic rings. The average Bonchev–Trinajstić information content (AvgIpc) is 2.50. The van der Waals surface area contributed by atoms with Crippen molar-refractivity contribution in [2.75, 3.05) is 12.4 Å². The predicted octanol–water partition coefficient (Wildman–Crippen LogP) is 4.19. The van der Waals surface area contributed by atoms with Crippen LogP contribution >= 0.6 is 34.8 Å². The first kappa shape index (κ1) is 17.6. The molecule has 0 aliphatic carbocycles. The van der Waals surface area contributed by atoms with Gasteiger partial charge in [-0.15, -0.1) is 0 Å². The van der Waals surface area contributed by atoms with E-state index in [2.05, 4.69) is 10.6 Å². The van der Waals surface area contributed by atoms with Crippen molar-refractivity contribution >= 4 is 52.3 Å². The molecule has 4 nitrogen and oxygen atoms in total. The number of hydrogen-bond donors (Lipinski definition) is 2. The Hall–Kier alpha value is -1.75. The Balaban J connectivity index is 2.18. The van der Waals surface area contributed by atoms with E-state index < -0.39 is 0 Å². The van der Waals surface area contributed by atoms with E-state index in [1.165, 1.54) is 13.1 Å². The van der Waals surface area contributed by atoms with Crippen molar-refractivity contribution in [3.63, 3.8) is 0 Å². The summed E-state index contributed by atoms with van der Waals surface area (Å²) >= 11 is 17.7. The van der Waals surface area contributed by atoms with Crippen LogP contribution in [0, 0.1) is 0 Å². The van der Waals surface area contributed by atoms with Crippen LogP contribution < -0.4 is 10.6 Å². The number of nitrogens with one attached hydrogen (secondary N) is 2. The minimum absolute atomic E-state index is 0.0938. The number of anilines is 1. The van der Waals surface area contributed by atoms with Gasteiger partial charge >= 0.3 is 0 Å². The second kappa shape index (κ2) is 7.68. The summed E-state index contributed by atoms with van der Waals surface area (Å²) in [4.78, 5) is 24.0. The van der Waals surface area contributed by atoms with Crippen LogP contribution in [0.2, 0.25) is 15.1 Å². The fourth-order valence-electron chi connectivity index (χ4n) is 1.98. The molecule has 0 bridgehead atoms. The van der Waals surface area contributed by atoms with Gasteiger partial charge in [0.05, 0.1) is 27.7 Å². The molecule has 0 aliphatic rings. The van der Waals surface area contributed by atoms with Crippen LogP contribution in [-0.2, 0) is 11.2 Å². The van der Waals surface area contributed by atoms with Crippen LogP contribution in [0.3, 0.4) is 0 Å². The highest BCUT2D eigenvalue weighted by molar-refractivity contribution is 6.42. The minimum Gasteiger partial charge on any atom is -0.355 e. The van der Waals surface area contributed by atoms with Gasteiger partial charge in [-0.1, -0.05) is 40.9 Å². The molecule has 0 saturated carbocycles. The van der Waals surface area contributed by atoms with Crippen molar-refractivity contribution in [3.8, 4) is 0 Å².